The number of amides is 1. The standard InChI is InChI=1S/C32H37FN8O5/c1-20(43)31(44)40-9-8-29(27(33)15-40)46-28-7-2-21(12-22(28)13-34)30-35-19-36-32(38-30)37-23-3-5-24(6-4-23)39-10-11-41(25(14-39)16-42)26-17-45-18-26/h2-7,12,19-20,25-27,29,42-43H,8-11,14-18H2,1H3,(H,35,36,37,38)/t20?,25-,27-,29+/m1/s1. The molecule has 13 nitrogen and oxygen atoms in total. The lowest BCUT2D eigenvalue weighted by Crippen LogP contribution is -2.62. The van der Waals surface area contributed by atoms with Gasteiger partial charge in [0.2, 0.25) is 5.95 Å². The van der Waals surface area contributed by atoms with Gasteiger partial charge in [-0.15, -0.1) is 0 Å². The van der Waals surface area contributed by atoms with Gasteiger partial charge in [-0.05, 0) is 49.4 Å². The van der Waals surface area contributed by atoms with Crippen LogP contribution < -0.4 is 15.0 Å². The molecule has 0 bridgehead atoms. The van der Waals surface area contributed by atoms with Crippen LogP contribution in [0.3, 0.4) is 0 Å². The number of aromatic nitrogens is 3. The average Bonchev–Trinajstić information content (AvgIpc) is 3.05. The summed E-state index contributed by atoms with van der Waals surface area (Å²) < 4.78 is 26.1. The molecule has 2 aromatic carbocycles. The third-order valence-corrected chi connectivity index (χ3v) is 8.68. The summed E-state index contributed by atoms with van der Waals surface area (Å²) in [6.07, 6.45) is -1.89. The molecule has 0 spiro atoms. The molecule has 1 amide bonds. The van der Waals surface area contributed by atoms with Crippen LogP contribution in [-0.4, -0.2) is 124 Å². The predicted octanol–water partition coefficient (Wildman–Crippen LogP) is 1.73. The lowest BCUT2D eigenvalue weighted by atomic mass is 10.0. The molecule has 0 radical (unpaired) electrons. The highest BCUT2D eigenvalue weighted by Crippen LogP contribution is 2.29. The second-order valence-corrected chi connectivity index (χ2v) is 11.8. The third kappa shape index (κ3) is 6.87. The third-order valence-electron chi connectivity index (χ3n) is 8.68. The van der Waals surface area contributed by atoms with Gasteiger partial charge in [0, 0.05) is 49.5 Å². The van der Waals surface area contributed by atoms with Gasteiger partial charge in [0.1, 0.15) is 30.4 Å². The van der Waals surface area contributed by atoms with Crippen LogP contribution in [-0.2, 0) is 9.53 Å². The number of alkyl halides is 1. The number of aliphatic hydroxyl groups is 2. The lowest BCUT2D eigenvalue weighted by Gasteiger charge is -2.47. The Morgan fingerprint density at radius 3 is 2.65 bits per heavy atom. The van der Waals surface area contributed by atoms with Gasteiger partial charge in [-0.1, -0.05) is 0 Å². The highest BCUT2D eigenvalue weighted by atomic mass is 19.1. The summed E-state index contributed by atoms with van der Waals surface area (Å²) in [4.78, 5) is 31.0. The minimum Gasteiger partial charge on any atom is -0.486 e. The summed E-state index contributed by atoms with van der Waals surface area (Å²) in [5.74, 6) is 0.376. The Hall–Kier alpha value is -4.42. The fourth-order valence-electron chi connectivity index (χ4n) is 6.04. The maximum atomic E-state index is 14.9. The van der Waals surface area contributed by atoms with Gasteiger partial charge >= 0.3 is 0 Å². The number of carbonyl (C=O) groups is 1. The number of halogens is 1. The van der Waals surface area contributed by atoms with Crippen molar-refractivity contribution in [2.75, 3.05) is 62.8 Å². The van der Waals surface area contributed by atoms with Crippen LogP contribution in [0.5, 0.6) is 5.75 Å². The van der Waals surface area contributed by atoms with Crippen LogP contribution >= 0.6 is 0 Å². The molecule has 3 aromatic rings. The minimum absolute atomic E-state index is 0.0680. The van der Waals surface area contributed by atoms with Crippen molar-refractivity contribution in [2.45, 2.75) is 43.8 Å². The van der Waals surface area contributed by atoms with Crippen LogP contribution in [0.15, 0.2) is 48.8 Å². The first-order valence-corrected chi connectivity index (χ1v) is 15.4. The molecule has 0 saturated carbocycles. The molecule has 3 fully saturated rings. The van der Waals surface area contributed by atoms with E-state index in [1.807, 2.05) is 24.3 Å². The zero-order valence-corrected chi connectivity index (χ0v) is 25.5. The second kappa shape index (κ2) is 13.9. The van der Waals surface area contributed by atoms with Crippen LogP contribution in [0.4, 0.5) is 21.7 Å². The number of anilines is 3. The summed E-state index contributed by atoms with van der Waals surface area (Å²) in [6.45, 7) is 5.45. The van der Waals surface area contributed by atoms with E-state index >= 15 is 0 Å². The normalized spacial score (nSPS) is 22.9. The molecular formula is C32H37FN8O5. The molecule has 4 heterocycles. The number of aliphatic hydroxyl groups excluding tert-OH is 2. The number of nitriles is 1. The number of benzene rings is 2. The number of piperazine rings is 1. The highest BCUT2D eigenvalue weighted by molar-refractivity contribution is 5.80. The van der Waals surface area contributed by atoms with Gasteiger partial charge in [0.15, 0.2) is 12.0 Å². The molecule has 3 N–H and O–H groups in total. The van der Waals surface area contributed by atoms with Crippen molar-refractivity contribution in [1.82, 2.24) is 24.8 Å². The van der Waals surface area contributed by atoms with E-state index in [1.165, 1.54) is 18.2 Å². The SMILES string of the molecule is CC(O)C(=O)N1CC[C@H](Oc2ccc(-c3ncnc(Nc4ccc(N5CCN(C6COC6)[C@@H](CO)C5)cc4)n3)cc2C#N)[C@H](F)C1. The van der Waals surface area contributed by atoms with E-state index in [9.17, 15) is 24.7 Å². The number of nitrogens with one attached hydrogen (secondary N) is 1. The number of rotatable bonds is 9. The molecule has 3 aliphatic heterocycles. The molecule has 1 unspecified atom stereocenters. The second-order valence-electron chi connectivity index (χ2n) is 11.8. The van der Waals surface area contributed by atoms with Crippen molar-refractivity contribution < 1.29 is 28.9 Å². The first-order valence-electron chi connectivity index (χ1n) is 15.4. The van der Waals surface area contributed by atoms with Crippen LogP contribution in [0, 0.1) is 11.3 Å². The average molecular weight is 633 g/mol. The maximum absolute atomic E-state index is 14.9. The Balaban J connectivity index is 1.08. The molecule has 6 rings (SSSR count). The Morgan fingerprint density at radius 1 is 1.17 bits per heavy atom. The number of nitrogens with zero attached hydrogens (tertiary/aromatic N) is 7. The van der Waals surface area contributed by atoms with E-state index < -0.39 is 24.3 Å². The smallest absolute Gasteiger partial charge is 0.251 e. The van der Waals surface area contributed by atoms with Gasteiger partial charge in [-0.25, -0.2) is 14.4 Å². The van der Waals surface area contributed by atoms with E-state index in [0.29, 0.717) is 23.4 Å². The summed E-state index contributed by atoms with van der Waals surface area (Å²) in [7, 11) is 0. The fourth-order valence-corrected chi connectivity index (χ4v) is 6.04. The number of piperidine rings is 1. The first-order chi connectivity index (χ1) is 22.3. The molecule has 4 atom stereocenters. The Kier molecular flexibility index (Phi) is 9.55. The van der Waals surface area contributed by atoms with E-state index in [0.717, 1.165) is 44.2 Å². The van der Waals surface area contributed by atoms with Gasteiger partial charge in [-0.3, -0.25) is 9.69 Å². The molecule has 14 heteroatoms. The molecular weight excluding hydrogens is 595 g/mol. The Bertz CT molecular complexity index is 1570. The Labute approximate surface area is 266 Å². The van der Waals surface area contributed by atoms with Gasteiger partial charge in [0.25, 0.3) is 5.91 Å². The highest BCUT2D eigenvalue weighted by Gasteiger charge is 2.36. The van der Waals surface area contributed by atoms with Gasteiger partial charge in [-0.2, -0.15) is 10.2 Å². The first kappa shape index (κ1) is 31.6. The summed E-state index contributed by atoms with van der Waals surface area (Å²) in [5, 5.41) is 32.5. The zero-order valence-electron chi connectivity index (χ0n) is 25.5. The topological polar surface area (TPSA) is 160 Å². The Morgan fingerprint density at radius 2 is 1.98 bits per heavy atom. The fraction of sp³-hybridized carbons (Fsp3) is 0.469. The molecule has 0 aliphatic carbocycles. The maximum Gasteiger partial charge on any atom is 0.251 e. The number of ether oxygens (including phenoxy) is 2. The van der Waals surface area contributed by atoms with E-state index in [4.69, 9.17) is 9.47 Å². The van der Waals surface area contributed by atoms with Crippen molar-refractivity contribution >= 4 is 23.2 Å². The molecule has 242 valence electrons. The molecule has 1 aromatic heterocycles. The van der Waals surface area contributed by atoms with E-state index in [-0.39, 0.29) is 43.5 Å². The number of hydrogen-bond acceptors (Lipinski definition) is 12. The van der Waals surface area contributed by atoms with Crippen LogP contribution in [0.2, 0.25) is 0 Å². The van der Waals surface area contributed by atoms with Crippen molar-refractivity contribution in [3.63, 3.8) is 0 Å². The molecule has 3 aliphatic rings. The van der Waals surface area contributed by atoms with E-state index in [2.05, 4.69) is 36.1 Å². The van der Waals surface area contributed by atoms with Gasteiger partial charge < -0.3 is 34.8 Å². The molecule has 46 heavy (non-hydrogen) atoms. The molecule has 3 saturated heterocycles. The number of carbonyl (C=O) groups excluding carboxylic acids is 1. The van der Waals surface area contributed by atoms with Crippen LogP contribution in [0.1, 0.15) is 18.9 Å². The van der Waals surface area contributed by atoms with Gasteiger partial charge in [0.05, 0.1) is 44.0 Å². The number of hydrogen-bond donors (Lipinski definition) is 3. The zero-order chi connectivity index (χ0) is 32.2. The largest absolute Gasteiger partial charge is 0.486 e. The van der Waals surface area contributed by atoms with Crippen molar-refractivity contribution in [3.8, 4) is 23.2 Å². The quantitative estimate of drug-likeness (QED) is 0.314. The minimum atomic E-state index is -1.47. The van der Waals surface area contributed by atoms with Crippen molar-refractivity contribution in [3.05, 3.63) is 54.4 Å². The van der Waals surface area contributed by atoms with E-state index in [1.54, 1.807) is 18.2 Å². The lowest BCUT2D eigenvalue weighted by molar-refractivity contribution is -0.143. The number of likely N-dealkylation sites (tertiary alicyclic amines) is 1. The summed E-state index contributed by atoms with van der Waals surface area (Å²) in [5.41, 5.74) is 2.61. The van der Waals surface area contributed by atoms with Crippen molar-refractivity contribution in [1.29, 1.82) is 5.26 Å². The predicted molar refractivity (Wildman–Crippen MR) is 166 cm³/mol. The van der Waals surface area contributed by atoms with Crippen LogP contribution in [0.25, 0.3) is 11.4 Å². The summed E-state index contributed by atoms with van der Waals surface area (Å²) in [6, 6.07) is 15.4. The van der Waals surface area contributed by atoms with Crippen molar-refractivity contribution in [2.24, 2.45) is 0 Å². The summed E-state index contributed by atoms with van der Waals surface area (Å²) >= 11 is 0. The monoisotopic (exact) mass is 632 g/mol.